The van der Waals surface area contributed by atoms with Crippen LogP contribution in [0.15, 0.2) is 176 Å². The number of hydrogen-bond acceptors (Lipinski definition) is 2. The van der Waals surface area contributed by atoms with Crippen molar-refractivity contribution in [2.24, 2.45) is 0 Å². The Morgan fingerprint density at radius 1 is 0.453 bits per heavy atom. The molecule has 9 rings (SSSR count). The molecule has 0 atom stereocenters. The van der Waals surface area contributed by atoms with Crippen LogP contribution in [0.1, 0.15) is 30.7 Å². The van der Waals surface area contributed by atoms with Crippen LogP contribution < -0.4 is 0 Å². The van der Waals surface area contributed by atoms with Gasteiger partial charge in [-0.3, -0.25) is 0 Å². The van der Waals surface area contributed by atoms with Gasteiger partial charge in [0, 0.05) is 37.4 Å². The molecule has 2 nitrogen and oxygen atoms in total. The number of rotatable bonds is 5. The maximum Gasteiger partial charge on any atom is 0.0266 e. The van der Waals surface area contributed by atoms with E-state index in [1.807, 2.05) is 79.9 Å². The SMILES string of the molecule is CC1(C)c2ccccc2-c2cc(-c3cccc(-c4ccc(-c5cc[c-]c(-c6ccccn6)c5)cc4)c3)ccc21.Cc1cccc(-c2[c-]cccc2)n1.[Ir]. The molecule has 1 aliphatic rings. The van der Waals surface area contributed by atoms with Gasteiger partial charge in [-0.25, -0.2) is 0 Å². The summed E-state index contributed by atoms with van der Waals surface area (Å²) in [5, 5.41) is 0. The quantitative estimate of drug-likeness (QED) is 0.161. The first-order chi connectivity index (χ1) is 25.4. The third-order valence-electron chi connectivity index (χ3n) is 9.95. The van der Waals surface area contributed by atoms with Gasteiger partial charge in [0.1, 0.15) is 0 Å². The van der Waals surface area contributed by atoms with E-state index in [4.69, 9.17) is 0 Å². The summed E-state index contributed by atoms with van der Waals surface area (Å²) < 4.78 is 0. The topological polar surface area (TPSA) is 25.8 Å². The number of fused-ring (bicyclic) bond motifs is 3. The largest absolute Gasteiger partial charge is 0.305 e. The van der Waals surface area contributed by atoms with E-state index in [2.05, 4.69) is 139 Å². The Morgan fingerprint density at radius 2 is 1.08 bits per heavy atom. The monoisotopic (exact) mass is 859 g/mol. The van der Waals surface area contributed by atoms with E-state index in [9.17, 15) is 0 Å². The van der Waals surface area contributed by atoms with Crippen LogP contribution in [0.3, 0.4) is 0 Å². The molecule has 0 amide bonds. The molecule has 0 saturated heterocycles. The van der Waals surface area contributed by atoms with Crippen molar-refractivity contribution in [2.75, 3.05) is 0 Å². The first-order valence-electron chi connectivity index (χ1n) is 17.7. The van der Waals surface area contributed by atoms with Crippen LogP contribution in [0.2, 0.25) is 0 Å². The second kappa shape index (κ2) is 15.5. The fourth-order valence-corrected chi connectivity index (χ4v) is 7.19. The summed E-state index contributed by atoms with van der Waals surface area (Å²) in [6, 6.07) is 66.1. The molecule has 1 aliphatic carbocycles. The van der Waals surface area contributed by atoms with Gasteiger partial charge in [-0.15, -0.1) is 71.3 Å². The smallest absolute Gasteiger partial charge is 0.0266 e. The van der Waals surface area contributed by atoms with Gasteiger partial charge < -0.3 is 9.97 Å². The first kappa shape index (κ1) is 35.7. The molecular weight excluding hydrogens is 821 g/mol. The van der Waals surface area contributed by atoms with E-state index in [1.165, 1.54) is 50.1 Å². The molecule has 53 heavy (non-hydrogen) atoms. The van der Waals surface area contributed by atoms with Crippen molar-refractivity contribution in [3.8, 4) is 67.0 Å². The molecule has 2 heterocycles. The molecule has 8 aromatic rings. The van der Waals surface area contributed by atoms with Crippen LogP contribution in [-0.2, 0) is 25.5 Å². The maximum absolute atomic E-state index is 4.48. The maximum atomic E-state index is 4.48. The molecule has 0 saturated carbocycles. The van der Waals surface area contributed by atoms with Crippen molar-refractivity contribution in [3.63, 3.8) is 0 Å². The van der Waals surface area contributed by atoms with Gasteiger partial charge in [0.05, 0.1) is 0 Å². The first-order valence-corrected chi connectivity index (χ1v) is 17.7. The van der Waals surface area contributed by atoms with Crippen LogP contribution in [-0.4, -0.2) is 9.97 Å². The normalized spacial score (nSPS) is 12.1. The van der Waals surface area contributed by atoms with Crippen molar-refractivity contribution >= 4 is 0 Å². The Labute approximate surface area is 326 Å². The van der Waals surface area contributed by atoms with E-state index in [0.717, 1.165) is 33.8 Å². The molecule has 0 fully saturated rings. The van der Waals surface area contributed by atoms with Crippen LogP contribution in [0.5, 0.6) is 0 Å². The zero-order valence-corrected chi connectivity index (χ0v) is 32.4. The minimum absolute atomic E-state index is 0. The average Bonchev–Trinajstić information content (AvgIpc) is 3.44. The predicted molar refractivity (Wildman–Crippen MR) is 216 cm³/mol. The summed E-state index contributed by atoms with van der Waals surface area (Å²) in [6.45, 7) is 6.65. The Hall–Kier alpha value is -5.73. The molecule has 0 aliphatic heterocycles. The number of benzene rings is 6. The van der Waals surface area contributed by atoms with Crippen molar-refractivity contribution in [3.05, 3.63) is 205 Å². The molecule has 3 heteroatoms. The summed E-state index contributed by atoms with van der Waals surface area (Å²) >= 11 is 0. The van der Waals surface area contributed by atoms with Crippen LogP contribution in [0, 0.1) is 19.1 Å². The molecule has 0 spiro atoms. The Bertz CT molecular complexity index is 2490. The van der Waals surface area contributed by atoms with E-state index in [-0.39, 0.29) is 25.5 Å². The molecule has 0 unspecified atom stereocenters. The summed E-state index contributed by atoms with van der Waals surface area (Å²) in [5.74, 6) is 0. The number of hydrogen-bond donors (Lipinski definition) is 0. The summed E-state index contributed by atoms with van der Waals surface area (Å²) in [6.07, 6.45) is 1.82. The minimum atomic E-state index is 0. The van der Waals surface area contributed by atoms with Crippen LogP contribution >= 0.6 is 0 Å². The number of aromatic nitrogens is 2. The van der Waals surface area contributed by atoms with Gasteiger partial charge >= 0.3 is 0 Å². The van der Waals surface area contributed by atoms with Gasteiger partial charge in [-0.2, -0.15) is 0 Å². The van der Waals surface area contributed by atoms with Gasteiger partial charge in [0.25, 0.3) is 0 Å². The Kier molecular flexibility index (Phi) is 10.4. The summed E-state index contributed by atoms with van der Waals surface area (Å²) in [7, 11) is 0. The van der Waals surface area contributed by atoms with Crippen molar-refractivity contribution < 1.29 is 20.1 Å². The molecule has 6 aromatic carbocycles. The number of nitrogens with zero attached hydrogens (tertiary/aromatic N) is 2. The van der Waals surface area contributed by atoms with Crippen LogP contribution in [0.25, 0.3) is 67.0 Å². The van der Waals surface area contributed by atoms with Gasteiger partial charge in [-0.1, -0.05) is 117 Å². The second-order valence-electron chi connectivity index (χ2n) is 13.7. The van der Waals surface area contributed by atoms with Crippen molar-refractivity contribution in [1.29, 1.82) is 0 Å². The van der Waals surface area contributed by atoms with E-state index >= 15 is 0 Å². The number of pyridine rings is 2. The zero-order chi connectivity index (χ0) is 35.5. The molecular formula is C50H38IrN2-2. The molecule has 259 valence electrons. The van der Waals surface area contributed by atoms with Crippen LogP contribution in [0.4, 0.5) is 0 Å². The predicted octanol–water partition coefficient (Wildman–Crippen LogP) is 12.7. The minimum Gasteiger partial charge on any atom is -0.305 e. The van der Waals surface area contributed by atoms with E-state index in [0.29, 0.717) is 0 Å². The molecule has 0 N–H and O–H groups in total. The Balaban J connectivity index is 0.000000263. The van der Waals surface area contributed by atoms with Gasteiger partial charge in [-0.05, 0) is 92.6 Å². The molecule has 1 radical (unpaired) electrons. The molecule has 0 bridgehead atoms. The second-order valence-corrected chi connectivity index (χ2v) is 13.7. The summed E-state index contributed by atoms with van der Waals surface area (Å²) in [4.78, 5) is 8.89. The fraction of sp³-hybridized carbons (Fsp3) is 0.0800. The molecule has 2 aromatic heterocycles. The van der Waals surface area contributed by atoms with Crippen molar-refractivity contribution in [1.82, 2.24) is 9.97 Å². The average molecular weight is 859 g/mol. The van der Waals surface area contributed by atoms with E-state index in [1.54, 1.807) is 0 Å². The van der Waals surface area contributed by atoms with E-state index < -0.39 is 0 Å². The fourth-order valence-electron chi connectivity index (χ4n) is 7.19. The van der Waals surface area contributed by atoms with Crippen molar-refractivity contribution in [2.45, 2.75) is 26.2 Å². The summed E-state index contributed by atoms with van der Waals surface area (Å²) in [5.41, 5.74) is 17.8. The van der Waals surface area contributed by atoms with Gasteiger partial charge in [0.2, 0.25) is 0 Å². The Morgan fingerprint density at radius 3 is 1.81 bits per heavy atom. The number of aryl methyl sites for hydroxylation is 1. The standard InChI is InChI=1S/C38H28N.C12H10N.Ir/c1-38(2)35-14-4-3-13-33(35)34-25-31(20-21-36(34)38)30-11-7-9-28(23-30)26-16-18-27(19-17-26)29-10-8-12-32(24-29)37-15-5-6-22-39-37;1-10-6-5-9-12(13-10)11-7-3-2-4-8-11;/h3-11,13-25H,1-2H3;2-7,9H,1H3;/q2*-1;. The zero-order valence-electron chi connectivity index (χ0n) is 30.0. The third kappa shape index (κ3) is 7.46. The third-order valence-corrected chi connectivity index (χ3v) is 9.95. The van der Waals surface area contributed by atoms with Gasteiger partial charge in [0.15, 0.2) is 0 Å².